The van der Waals surface area contributed by atoms with E-state index in [0.29, 0.717) is 21.9 Å². The molecule has 1 amide bonds. The van der Waals surface area contributed by atoms with Crippen LogP contribution in [0.4, 0.5) is 0 Å². The van der Waals surface area contributed by atoms with Crippen LogP contribution >= 0.6 is 11.6 Å². The third kappa shape index (κ3) is 4.00. The molecule has 0 saturated heterocycles. The molecular formula is C17H18ClNO3. The Bertz CT molecular complexity index is 658. The van der Waals surface area contributed by atoms with Crippen LogP contribution in [0.25, 0.3) is 0 Å². The molecule has 0 aliphatic carbocycles. The number of aliphatic hydroxyl groups excluding tert-OH is 1. The van der Waals surface area contributed by atoms with Crippen molar-refractivity contribution in [3.63, 3.8) is 0 Å². The first-order chi connectivity index (χ1) is 10.5. The van der Waals surface area contributed by atoms with Crippen LogP contribution in [-0.2, 0) is 0 Å². The van der Waals surface area contributed by atoms with Gasteiger partial charge in [0.15, 0.2) is 0 Å². The third-order valence-corrected chi connectivity index (χ3v) is 3.50. The minimum absolute atomic E-state index is 0.0589. The van der Waals surface area contributed by atoms with E-state index in [2.05, 4.69) is 0 Å². The normalized spacial score (nSPS) is 11.8. The molecule has 2 aromatic carbocycles. The molecule has 0 saturated carbocycles. The minimum Gasteiger partial charge on any atom is -0.491 e. The van der Waals surface area contributed by atoms with E-state index in [-0.39, 0.29) is 12.5 Å². The predicted molar refractivity (Wildman–Crippen MR) is 86.4 cm³/mol. The molecule has 1 unspecified atom stereocenters. The average Bonchev–Trinajstić information content (AvgIpc) is 2.52. The average molecular weight is 320 g/mol. The number of halogens is 1. The number of amides is 1. The summed E-state index contributed by atoms with van der Waals surface area (Å²) in [6.07, 6.45) is -0.832. The highest BCUT2D eigenvalue weighted by Crippen LogP contribution is 2.23. The summed E-state index contributed by atoms with van der Waals surface area (Å²) in [4.78, 5) is 13.4. The van der Waals surface area contributed by atoms with Crippen molar-refractivity contribution in [2.75, 3.05) is 20.7 Å². The van der Waals surface area contributed by atoms with Gasteiger partial charge in [-0.3, -0.25) is 4.79 Å². The van der Waals surface area contributed by atoms with Gasteiger partial charge in [-0.2, -0.15) is 0 Å². The van der Waals surface area contributed by atoms with Crippen LogP contribution in [0.5, 0.6) is 5.75 Å². The maximum Gasteiger partial charge on any atom is 0.253 e. The number of aliphatic hydroxyl groups is 1. The van der Waals surface area contributed by atoms with Crippen molar-refractivity contribution in [3.05, 3.63) is 64.7 Å². The lowest BCUT2D eigenvalue weighted by molar-refractivity contribution is 0.0826. The molecule has 0 fully saturated rings. The zero-order valence-corrected chi connectivity index (χ0v) is 13.2. The summed E-state index contributed by atoms with van der Waals surface area (Å²) < 4.78 is 5.57. The van der Waals surface area contributed by atoms with Gasteiger partial charge >= 0.3 is 0 Å². The summed E-state index contributed by atoms with van der Waals surface area (Å²) in [5.41, 5.74) is 1.15. The largest absolute Gasteiger partial charge is 0.491 e. The van der Waals surface area contributed by atoms with Crippen LogP contribution in [0, 0.1) is 0 Å². The lowest BCUT2D eigenvalue weighted by Crippen LogP contribution is -2.21. The molecule has 0 bridgehead atoms. The lowest BCUT2D eigenvalue weighted by Gasteiger charge is -2.15. The van der Waals surface area contributed by atoms with Gasteiger partial charge in [-0.15, -0.1) is 0 Å². The number of rotatable bonds is 5. The Balaban J connectivity index is 2.04. The molecule has 5 heteroatoms. The first-order valence-corrected chi connectivity index (χ1v) is 7.24. The number of ether oxygens (including phenoxy) is 1. The standard InChI is InChI=1S/C17H18ClNO3/c1-19(2)17(21)12-6-5-7-13(10-12)22-11-16(20)14-8-3-4-9-15(14)18/h3-10,16,20H,11H2,1-2H3. The summed E-state index contributed by atoms with van der Waals surface area (Å²) >= 11 is 6.04. The Hall–Kier alpha value is -2.04. The van der Waals surface area contributed by atoms with Gasteiger partial charge in [0.2, 0.25) is 0 Å². The van der Waals surface area contributed by atoms with Gasteiger partial charge in [0, 0.05) is 30.2 Å². The highest BCUT2D eigenvalue weighted by atomic mass is 35.5. The van der Waals surface area contributed by atoms with Gasteiger partial charge < -0.3 is 14.7 Å². The van der Waals surface area contributed by atoms with Gasteiger partial charge in [-0.05, 0) is 24.3 Å². The molecule has 0 radical (unpaired) electrons. The highest BCUT2D eigenvalue weighted by molar-refractivity contribution is 6.31. The smallest absolute Gasteiger partial charge is 0.253 e. The fraction of sp³-hybridized carbons (Fsp3) is 0.235. The molecule has 0 heterocycles. The van der Waals surface area contributed by atoms with E-state index in [1.807, 2.05) is 0 Å². The van der Waals surface area contributed by atoms with E-state index >= 15 is 0 Å². The molecule has 1 N–H and O–H groups in total. The Kier molecular flexibility index (Phi) is 5.41. The van der Waals surface area contributed by atoms with E-state index in [9.17, 15) is 9.90 Å². The summed E-state index contributed by atoms with van der Waals surface area (Å²) in [5.74, 6) is 0.427. The summed E-state index contributed by atoms with van der Waals surface area (Å²) in [5, 5.41) is 10.6. The van der Waals surface area contributed by atoms with Gasteiger partial charge in [0.25, 0.3) is 5.91 Å². The van der Waals surface area contributed by atoms with Crippen LogP contribution in [-0.4, -0.2) is 36.6 Å². The summed E-state index contributed by atoms with van der Waals surface area (Å²) in [7, 11) is 3.38. The van der Waals surface area contributed by atoms with Crippen molar-refractivity contribution in [2.45, 2.75) is 6.10 Å². The van der Waals surface area contributed by atoms with Crippen LogP contribution in [0.15, 0.2) is 48.5 Å². The quantitative estimate of drug-likeness (QED) is 0.921. The third-order valence-electron chi connectivity index (χ3n) is 3.16. The molecule has 1 atom stereocenters. The zero-order chi connectivity index (χ0) is 16.1. The molecule has 0 aliphatic rings. The topological polar surface area (TPSA) is 49.8 Å². The Morgan fingerprint density at radius 3 is 2.64 bits per heavy atom. The van der Waals surface area contributed by atoms with E-state index in [1.165, 1.54) is 4.90 Å². The molecule has 22 heavy (non-hydrogen) atoms. The number of carbonyl (C=O) groups excluding carboxylic acids is 1. The minimum atomic E-state index is -0.832. The first kappa shape index (κ1) is 16.3. The SMILES string of the molecule is CN(C)C(=O)c1cccc(OCC(O)c2ccccc2Cl)c1. The Morgan fingerprint density at radius 1 is 1.23 bits per heavy atom. The number of hydrogen-bond donors (Lipinski definition) is 1. The van der Waals surface area contributed by atoms with Crippen molar-refractivity contribution < 1.29 is 14.6 Å². The van der Waals surface area contributed by atoms with Gasteiger partial charge in [-0.25, -0.2) is 0 Å². The maximum absolute atomic E-state index is 11.9. The van der Waals surface area contributed by atoms with Crippen LogP contribution < -0.4 is 4.74 Å². The molecule has 2 rings (SSSR count). The van der Waals surface area contributed by atoms with Crippen molar-refractivity contribution in [3.8, 4) is 5.75 Å². The van der Waals surface area contributed by atoms with Gasteiger partial charge in [-0.1, -0.05) is 35.9 Å². The zero-order valence-electron chi connectivity index (χ0n) is 12.5. The second kappa shape index (κ2) is 7.29. The second-order valence-electron chi connectivity index (χ2n) is 5.08. The Labute approximate surface area is 134 Å². The van der Waals surface area contributed by atoms with E-state index in [1.54, 1.807) is 62.6 Å². The fourth-order valence-electron chi connectivity index (χ4n) is 1.99. The molecule has 0 aromatic heterocycles. The van der Waals surface area contributed by atoms with Gasteiger partial charge in [0.1, 0.15) is 18.5 Å². The molecule has 0 spiro atoms. The van der Waals surface area contributed by atoms with Crippen LogP contribution in [0.2, 0.25) is 5.02 Å². The molecule has 0 aliphatic heterocycles. The number of carbonyl (C=O) groups is 1. The highest BCUT2D eigenvalue weighted by Gasteiger charge is 2.13. The number of hydrogen-bond acceptors (Lipinski definition) is 3. The van der Waals surface area contributed by atoms with Crippen molar-refractivity contribution in [1.29, 1.82) is 0 Å². The monoisotopic (exact) mass is 319 g/mol. The van der Waals surface area contributed by atoms with Crippen LogP contribution in [0.1, 0.15) is 22.0 Å². The number of benzene rings is 2. The second-order valence-corrected chi connectivity index (χ2v) is 5.48. The predicted octanol–water partition coefficient (Wildman–Crippen LogP) is 3.15. The van der Waals surface area contributed by atoms with E-state index < -0.39 is 6.10 Å². The molecular weight excluding hydrogens is 302 g/mol. The van der Waals surface area contributed by atoms with Gasteiger partial charge in [0.05, 0.1) is 0 Å². The lowest BCUT2D eigenvalue weighted by atomic mass is 10.1. The summed E-state index contributed by atoms with van der Waals surface area (Å²) in [6.45, 7) is 0.0589. The molecule has 4 nitrogen and oxygen atoms in total. The first-order valence-electron chi connectivity index (χ1n) is 6.86. The van der Waals surface area contributed by atoms with E-state index in [0.717, 1.165) is 0 Å². The number of nitrogens with zero attached hydrogens (tertiary/aromatic N) is 1. The van der Waals surface area contributed by atoms with Crippen molar-refractivity contribution in [1.82, 2.24) is 4.90 Å². The molecule has 116 valence electrons. The summed E-state index contributed by atoms with van der Waals surface area (Å²) in [6, 6.07) is 13.9. The van der Waals surface area contributed by atoms with Crippen molar-refractivity contribution in [2.24, 2.45) is 0 Å². The fourth-order valence-corrected chi connectivity index (χ4v) is 2.25. The molecule has 2 aromatic rings. The Morgan fingerprint density at radius 2 is 1.95 bits per heavy atom. The van der Waals surface area contributed by atoms with E-state index in [4.69, 9.17) is 16.3 Å². The van der Waals surface area contributed by atoms with Crippen LogP contribution in [0.3, 0.4) is 0 Å². The maximum atomic E-state index is 11.9. The van der Waals surface area contributed by atoms with Crippen molar-refractivity contribution >= 4 is 17.5 Å².